The van der Waals surface area contributed by atoms with Crippen LogP contribution in [-0.2, 0) is 16.6 Å². The van der Waals surface area contributed by atoms with Crippen LogP contribution in [0.1, 0.15) is 36.7 Å². The van der Waals surface area contributed by atoms with E-state index in [1.165, 1.54) is 28.6 Å². The van der Waals surface area contributed by atoms with Gasteiger partial charge in [0, 0.05) is 30.9 Å². The predicted molar refractivity (Wildman–Crippen MR) is 108 cm³/mol. The van der Waals surface area contributed by atoms with Gasteiger partial charge >= 0.3 is 0 Å². The summed E-state index contributed by atoms with van der Waals surface area (Å²) in [6, 6.07) is 13.4. The Morgan fingerprint density at radius 3 is 2.30 bits per heavy atom. The summed E-state index contributed by atoms with van der Waals surface area (Å²) in [5.74, 6) is -0.278. The molecule has 0 unspecified atom stereocenters. The Hall–Kier alpha value is -2.22. The van der Waals surface area contributed by atoms with Crippen molar-refractivity contribution < 1.29 is 13.2 Å². The highest BCUT2D eigenvalue weighted by molar-refractivity contribution is 7.89. The van der Waals surface area contributed by atoms with Crippen molar-refractivity contribution in [3.63, 3.8) is 0 Å². The summed E-state index contributed by atoms with van der Waals surface area (Å²) < 4.78 is 26.3. The first-order chi connectivity index (χ1) is 12.8. The molecule has 1 amide bonds. The van der Waals surface area contributed by atoms with Gasteiger partial charge < -0.3 is 10.6 Å². The molecule has 0 bridgehead atoms. The highest BCUT2D eigenvalue weighted by Crippen LogP contribution is 2.19. The third-order valence-corrected chi connectivity index (χ3v) is 6.40. The third-order valence-electron chi connectivity index (χ3n) is 4.35. The summed E-state index contributed by atoms with van der Waals surface area (Å²) in [5.41, 5.74) is 2.13. The average Bonchev–Trinajstić information content (AvgIpc) is 2.66. The number of para-hydroxylation sites is 1. The zero-order valence-electron chi connectivity index (χ0n) is 16.2. The SMILES string of the molecule is CCNCc1ccccc1NC(=O)c1ccc(S(=O)(=O)N(C)C(C)C)cc1. The summed E-state index contributed by atoms with van der Waals surface area (Å²) in [6.45, 7) is 7.14. The maximum Gasteiger partial charge on any atom is 0.255 e. The van der Waals surface area contributed by atoms with Crippen LogP contribution in [0, 0.1) is 0 Å². The number of rotatable bonds is 8. The second-order valence-electron chi connectivity index (χ2n) is 6.53. The Morgan fingerprint density at radius 2 is 1.70 bits per heavy atom. The Morgan fingerprint density at radius 1 is 1.07 bits per heavy atom. The number of sulfonamides is 1. The maximum atomic E-state index is 12.6. The van der Waals surface area contributed by atoms with Crippen molar-refractivity contribution in [3.05, 3.63) is 59.7 Å². The van der Waals surface area contributed by atoms with E-state index in [0.29, 0.717) is 12.1 Å². The second-order valence-corrected chi connectivity index (χ2v) is 8.53. The Bertz CT molecular complexity index is 878. The summed E-state index contributed by atoms with van der Waals surface area (Å²) in [7, 11) is -2.02. The van der Waals surface area contributed by atoms with E-state index in [9.17, 15) is 13.2 Å². The lowest BCUT2D eigenvalue weighted by Crippen LogP contribution is -2.33. The van der Waals surface area contributed by atoms with E-state index in [-0.39, 0.29) is 16.8 Å². The van der Waals surface area contributed by atoms with Crippen LogP contribution in [0.3, 0.4) is 0 Å². The van der Waals surface area contributed by atoms with E-state index >= 15 is 0 Å². The lowest BCUT2D eigenvalue weighted by Gasteiger charge is -2.21. The predicted octanol–water partition coefficient (Wildman–Crippen LogP) is 3.08. The van der Waals surface area contributed by atoms with Crippen molar-refractivity contribution in [2.75, 3.05) is 18.9 Å². The van der Waals surface area contributed by atoms with Crippen LogP contribution in [0.2, 0.25) is 0 Å². The normalized spacial score (nSPS) is 11.8. The van der Waals surface area contributed by atoms with Crippen LogP contribution in [-0.4, -0.2) is 38.3 Å². The van der Waals surface area contributed by atoms with Crippen molar-refractivity contribution in [2.24, 2.45) is 0 Å². The van der Waals surface area contributed by atoms with Crippen molar-refractivity contribution in [1.29, 1.82) is 0 Å². The molecule has 2 aromatic rings. The number of hydrogen-bond acceptors (Lipinski definition) is 4. The molecule has 0 atom stereocenters. The Balaban J connectivity index is 2.17. The van der Waals surface area contributed by atoms with Crippen LogP contribution in [0.25, 0.3) is 0 Å². The van der Waals surface area contributed by atoms with E-state index in [4.69, 9.17) is 0 Å². The summed E-state index contributed by atoms with van der Waals surface area (Å²) in [4.78, 5) is 12.7. The van der Waals surface area contributed by atoms with Crippen molar-refractivity contribution in [3.8, 4) is 0 Å². The molecule has 27 heavy (non-hydrogen) atoms. The molecule has 146 valence electrons. The quantitative estimate of drug-likeness (QED) is 0.727. The minimum atomic E-state index is -3.56. The van der Waals surface area contributed by atoms with E-state index in [0.717, 1.165) is 17.8 Å². The molecule has 2 aromatic carbocycles. The molecule has 0 aliphatic carbocycles. The fourth-order valence-electron chi connectivity index (χ4n) is 2.47. The molecule has 0 saturated heterocycles. The number of hydrogen-bond donors (Lipinski definition) is 2. The maximum absolute atomic E-state index is 12.6. The standard InChI is InChI=1S/C20H27N3O3S/c1-5-21-14-17-8-6-7-9-19(17)22-20(24)16-10-12-18(13-11-16)27(25,26)23(4)15(2)3/h6-13,15,21H,5,14H2,1-4H3,(H,22,24). The minimum absolute atomic E-state index is 0.147. The fraction of sp³-hybridized carbons (Fsp3) is 0.350. The summed E-state index contributed by atoms with van der Waals surface area (Å²) in [6.07, 6.45) is 0. The van der Waals surface area contributed by atoms with Gasteiger partial charge in [-0.2, -0.15) is 4.31 Å². The van der Waals surface area contributed by atoms with E-state index in [1.54, 1.807) is 7.05 Å². The second kappa shape index (κ2) is 9.12. The number of carbonyl (C=O) groups excluding carboxylic acids is 1. The zero-order valence-corrected chi connectivity index (χ0v) is 17.0. The Labute approximate surface area is 161 Å². The molecule has 0 aromatic heterocycles. The minimum Gasteiger partial charge on any atom is -0.322 e. The fourth-order valence-corrected chi connectivity index (χ4v) is 3.84. The van der Waals surface area contributed by atoms with Gasteiger partial charge in [0.05, 0.1) is 4.90 Å². The topological polar surface area (TPSA) is 78.5 Å². The molecule has 0 aliphatic heterocycles. The smallest absolute Gasteiger partial charge is 0.255 e. The van der Waals surface area contributed by atoms with E-state index in [1.807, 2.05) is 45.0 Å². The van der Waals surface area contributed by atoms with Crippen LogP contribution in [0.15, 0.2) is 53.4 Å². The number of nitrogens with zero attached hydrogens (tertiary/aromatic N) is 1. The van der Waals surface area contributed by atoms with E-state index in [2.05, 4.69) is 10.6 Å². The van der Waals surface area contributed by atoms with E-state index < -0.39 is 10.0 Å². The lowest BCUT2D eigenvalue weighted by molar-refractivity contribution is 0.102. The van der Waals surface area contributed by atoms with Crippen LogP contribution >= 0.6 is 0 Å². The van der Waals surface area contributed by atoms with Gasteiger partial charge in [-0.15, -0.1) is 0 Å². The largest absolute Gasteiger partial charge is 0.322 e. The molecule has 7 heteroatoms. The summed E-state index contributed by atoms with van der Waals surface area (Å²) in [5, 5.41) is 6.14. The first-order valence-corrected chi connectivity index (χ1v) is 10.4. The van der Waals surface area contributed by atoms with Gasteiger partial charge in [-0.3, -0.25) is 4.79 Å². The van der Waals surface area contributed by atoms with Gasteiger partial charge in [-0.05, 0) is 56.3 Å². The first-order valence-electron chi connectivity index (χ1n) is 8.95. The number of carbonyl (C=O) groups is 1. The molecule has 0 saturated carbocycles. The molecular formula is C20H27N3O3S. The van der Waals surface area contributed by atoms with Crippen LogP contribution < -0.4 is 10.6 Å². The zero-order chi connectivity index (χ0) is 20.0. The van der Waals surface area contributed by atoms with Gasteiger partial charge in [0.2, 0.25) is 10.0 Å². The first kappa shape index (κ1) is 21.1. The molecule has 2 N–H and O–H groups in total. The number of benzene rings is 2. The van der Waals surface area contributed by atoms with Crippen molar-refractivity contribution in [2.45, 2.75) is 38.3 Å². The molecule has 0 fully saturated rings. The van der Waals surface area contributed by atoms with Crippen molar-refractivity contribution in [1.82, 2.24) is 9.62 Å². The van der Waals surface area contributed by atoms with Crippen LogP contribution in [0.4, 0.5) is 5.69 Å². The number of amides is 1. The van der Waals surface area contributed by atoms with Crippen LogP contribution in [0.5, 0.6) is 0 Å². The van der Waals surface area contributed by atoms with Gasteiger partial charge in [0.15, 0.2) is 0 Å². The Kier molecular flexibility index (Phi) is 7.12. The van der Waals surface area contributed by atoms with Gasteiger partial charge in [-0.25, -0.2) is 8.42 Å². The average molecular weight is 390 g/mol. The molecular weight excluding hydrogens is 362 g/mol. The van der Waals surface area contributed by atoms with Gasteiger partial charge in [0.1, 0.15) is 0 Å². The molecule has 6 nitrogen and oxygen atoms in total. The highest BCUT2D eigenvalue weighted by atomic mass is 32.2. The van der Waals surface area contributed by atoms with Gasteiger partial charge in [-0.1, -0.05) is 25.1 Å². The number of nitrogens with one attached hydrogen (secondary N) is 2. The molecule has 0 radical (unpaired) electrons. The highest BCUT2D eigenvalue weighted by Gasteiger charge is 2.23. The monoisotopic (exact) mass is 389 g/mol. The summed E-state index contributed by atoms with van der Waals surface area (Å²) >= 11 is 0. The third kappa shape index (κ3) is 5.15. The van der Waals surface area contributed by atoms with Crippen molar-refractivity contribution >= 4 is 21.6 Å². The molecule has 2 rings (SSSR count). The van der Waals surface area contributed by atoms with Gasteiger partial charge in [0.25, 0.3) is 5.91 Å². The molecule has 0 spiro atoms. The molecule has 0 aliphatic rings. The molecule has 0 heterocycles. The number of anilines is 1. The lowest BCUT2D eigenvalue weighted by atomic mass is 10.1.